The maximum absolute atomic E-state index is 5.87. The lowest BCUT2D eigenvalue weighted by atomic mass is 9.98. The average molecular weight is 274 g/mol. The lowest BCUT2D eigenvalue weighted by Crippen LogP contribution is -2.36. The Morgan fingerprint density at radius 3 is 2.75 bits per heavy atom. The predicted octanol–water partition coefficient (Wildman–Crippen LogP) is 3.74. The zero-order valence-electron chi connectivity index (χ0n) is 12.7. The highest BCUT2D eigenvalue weighted by atomic mass is 16.5. The van der Waals surface area contributed by atoms with E-state index in [0.29, 0.717) is 5.92 Å². The molecule has 3 rings (SSSR count). The van der Waals surface area contributed by atoms with Gasteiger partial charge in [0, 0.05) is 19.2 Å². The average Bonchev–Trinajstić information content (AvgIpc) is 2.83. The van der Waals surface area contributed by atoms with Crippen molar-refractivity contribution in [3.8, 4) is 5.75 Å². The summed E-state index contributed by atoms with van der Waals surface area (Å²) in [6.45, 7) is 7.61. The quantitative estimate of drug-likeness (QED) is 0.818. The molecule has 1 saturated carbocycles. The molecule has 1 aliphatic carbocycles. The van der Waals surface area contributed by atoms with E-state index in [-0.39, 0.29) is 0 Å². The van der Waals surface area contributed by atoms with Crippen LogP contribution in [0.2, 0.25) is 0 Å². The normalized spacial score (nSPS) is 26.6. The van der Waals surface area contributed by atoms with Crippen LogP contribution in [0.1, 0.15) is 39.5 Å². The summed E-state index contributed by atoms with van der Waals surface area (Å²) < 4.78 is 5.87. The second kappa shape index (κ2) is 6.02. The summed E-state index contributed by atoms with van der Waals surface area (Å²) in [5, 5.41) is 0. The van der Waals surface area contributed by atoms with Crippen LogP contribution in [0.3, 0.4) is 0 Å². The molecule has 3 nitrogen and oxygen atoms in total. The van der Waals surface area contributed by atoms with Gasteiger partial charge in [0.05, 0.1) is 24.7 Å². The first-order chi connectivity index (χ1) is 9.74. The zero-order chi connectivity index (χ0) is 13.9. The Kier molecular flexibility index (Phi) is 4.13. The standard InChI is InChI=1S/C17H26N2O/c1-3-13(2)12-20-17-7-16(8-18-9-17)19-10-14-4-5-15(6-14)11-19/h7-9,13-15H,3-6,10-12H2,1-2H3. The summed E-state index contributed by atoms with van der Waals surface area (Å²) in [5.74, 6) is 3.32. The summed E-state index contributed by atoms with van der Waals surface area (Å²) in [5.41, 5.74) is 1.24. The van der Waals surface area contributed by atoms with Crippen LogP contribution in [-0.4, -0.2) is 24.7 Å². The highest BCUT2D eigenvalue weighted by molar-refractivity contribution is 5.48. The maximum Gasteiger partial charge on any atom is 0.139 e. The van der Waals surface area contributed by atoms with Gasteiger partial charge in [0.15, 0.2) is 0 Å². The van der Waals surface area contributed by atoms with Crippen LogP contribution in [0, 0.1) is 17.8 Å². The van der Waals surface area contributed by atoms with Gasteiger partial charge in [-0.15, -0.1) is 0 Å². The van der Waals surface area contributed by atoms with E-state index in [0.717, 1.165) is 30.6 Å². The molecule has 0 N–H and O–H groups in total. The minimum absolute atomic E-state index is 0.601. The third kappa shape index (κ3) is 3.08. The number of hydrogen-bond donors (Lipinski definition) is 0. The van der Waals surface area contributed by atoms with Gasteiger partial charge in [-0.1, -0.05) is 20.3 Å². The van der Waals surface area contributed by atoms with Crippen molar-refractivity contribution < 1.29 is 4.74 Å². The number of ether oxygens (including phenoxy) is 1. The molecule has 0 amide bonds. The SMILES string of the molecule is CCC(C)COc1cncc(N2CC3CCC(C3)C2)c1. The van der Waals surface area contributed by atoms with Crippen LogP contribution in [-0.2, 0) is 0 Å². The van der Waals surface area contributed by atoms with Crippen LogP contribution in [0.25, 0.3) is 0 Å². The number of pyridine rings is 1. The smallest absolute Gasteiger partial charge is 0.139 e. The molecule has 0 aromatic carbocycles. The number of rotatable bonds is 5. The second-order valence-corrected chi connectivity index (χ2v) is 6.65. The molecular formula is C17H26N2O. The third-order valence-electron chi connectivity index (χ3n) is 4.90. The van der Waals surface area contributed by atoms with Crippen molar-refractivity contribution in [3.63, 3.8) is 0 Å². The van der Waals surface area contributed by atoms with E-state index in [1.807, 2.05) is 12.4 Å². The summed E-state index contributed by atoms with van der Waals surface area (Å²) in [6.07, 6.45) is 9.25. The number of piperidine rings is 1. The Labute approximate surface area is 122 Å². The molecule has 3 unspecified atom stereocenters. The highest BCUT2D eigenvalue weighted by Gasteiger charge is 2.33. The Hall–Kier alpha value is -1.25. The minimum atomic E-state index is 0.601. The van der Waals surface area contributed by atoms with Gasteiger partial charge in [-0.05, 0) is 37.0 Å². The molecule has 2 fully saturated rings. The molecule has 3 heteroatoms. The number of aromatic nitrogens is 1. The van der Waals surface area contributed by atoms with Crippen molar-refractivity contribution in [1.29, 1.82) is 0 Å². The molecule has 1 saturated heterocycles. The van der Waals surface area contributed by atoms with Gasteiger partial charge >= 0.3 is 0 Å². The lowest BCUT2D eigenvalue weighted by Gasteiger charge is -2.33. The van der Waals surface area contributed by atoms with E-state index in [9.17, 15) is 0 Å². The Balaban J connectivity index is 1.65. The van der Waals surface area contributed by atoms with Crippen molar-refractivity contribution in [2.24, 2.45) is 17.8 Å². The van der Waals surface area contributed by atoms with Gasteiger partial charge in [-0.3, -0.25) is 4.98 Å². The molecule has 1 aromatic rings. The van der Waals surface area contributed by atoms with Crippen molar-refractivity contribution in [2.45, 2.75) is 39.5 Å². The molecule has 110 valence electrons. The third-order valence-corrected chi connectivity index (χ3v) is 4.90. The van der Waals surface area contributed by atoms with E-state index in [1.54, 1.807) is 0 Å². The first-order valence-corrected chi connectivity index (χ1v) is 8.07. The molecule has 3 atom stereocenters. The van der Waals surface area contributed by atoms with Gasteiger partial charge in [0.25, 0.3) is 0 Å². The Morgan fingerprint density at radius 2 is 2.05 bits per heavy atom. The van der Waals surface area contributed by atoms with Crippen LogP contribution < -0.4 is 9.64 Å². The molecule has 2 bridgehead atoms. The van der Waals surface area contributed by atoms with Crippen molar-refractivity contribution in [2.75, 3.05) is 24.6 Å². The Bertz CT molecular complexity index is 436. The van der Waals surface area contributed by atoms with Crippen molar-refractivity contribution >= 4 is 5.69 Å². The number of hydrogen-bond acceptors (Lipinski definition) is 3. The first kappa shape index (κ1) is 13.7. The number of nitrogens with zero attached hydrogens (tertiary/aromatic N) is 2. The highest BCUT2D eigenvalue weighted by Crippen LogP contribution is 2.38. The number of fused-ring (bicyclic) bond motifs is 2. The fourth-order valence-corrected chi connectivity index (χ4v) is 3.43. The molecule has 0 spiro atoms. The molecule has 1 aliphatic heterocycles. The van der Waals surface area contributed by atoms with Crippen LogP contribution >= 0.6 is 0 Å². The molecule has 20 heavy (non-hydrogen) atoms. The first-order valence-electron chi connectivity index (χ1n) is 8.07. The molecule has 1 aromatic heterocycles. The fraction of sp³-hybridized carbons (Fsp3) is 0.706. The predicted molar refractivity (Wildman–Crippen MR) is 82.2 cm³/mol. The fourth-order valence-electron chi connectivity index (χ4n) is 3.43. The molecule has 0 radical (unpaired) electrons. The van der Waals surface area contributed by atoms with E-state index in [1.165, 1.54) is 38.0 Å². The largest absolute Gasteiger partial charge is 0.492 e. The summed E-state index contributed by atoms with van der Waals surface area (Å²) in [6, 6.07) is 2.17. The van der Waals surface area contributed by atoms with E-state index >= 15 is 0 Å². The van der Waals surface area contributed by atoms with Crippen LogP contribution in [0.4, 0.5) is 5.69 Å². The van der Waals surface area contributed by atoms with Crippen molar-refractivity contribution in [3.05, 3.63) is 18.5 Å². The van der Waals surface area contributed by atoms with Crippen molar-refractivity contribution in [1.82, 2.24) is 4.98 Å². The summed E-state index contributed by atoms with van der Waals surface area (Å²) in [7, 11) is 0. The second-order valence-electron chi connectivity index (χ2n) is 6.65. The summed E-state index contributed by atoms with van der Waals surface area (Å²) in [4.78, 5) is 6.88. The van der Waals surface area contributed by atoms with E-state index in [2.05, 4.69) is 29.8 Å². The van der Waals surface area contributed by atoms with Gasteiger partial charge < -0.3 is 9.64 Å². The van der Waals surface area contributed by atoms with Crippen LogP contribution in [0.5, 0.6) is 5.75 Å². The van der Waals surface area contributed by atoms with Crippen LogP contribution in [0.15, 0.2) is 18.5 Å². The molecule has 2 heterocycles. The molecule has 2 aliphatic rings. The summed E-state index contributed by atoms with van der Waals surface area (Å²) >= 11 is 0. The topological polar surface area (TPSA) is 25.4 Å². The monoisotopic (exact) mass is 274 g/mol. The van der Waals surface area contributed by atoms with Gasteiger partial charge in [0.1, 0.15) is 5.75 Å². The Morgan fingerprint density at radius 1 is 1.30 bits per heavy atom. The van der Waals surface area contributed by atoms with E-state index in [4.69, 9.17) is 4.74 Å². The lowest BCUT2D eigenvalue weighted by molar-refractivity contribution is 0.255. The van der Waals surface area contributed by atoms with E-state index < -0.39 is 0 Å². The maximum atomic E-state index is 5.87. The van der Waals surface area contributed by atoms with Gasteiger partial charge in [0.2, 0.25) is 0 Å². The number of anilines is 1. The van der Waals surface area contributed by atoms with Gasteiger partial charge in [-0.2, -0.15) is 0 Å². The zero-order valence-corrected chi connectivity index (χ0v) is 12.7. The van der Waals surface area contributed by atoms with Gasteiger partial charge in [-0.25, -0.2) is 0 Å². The molecular weight excluding hydrogens is 248 g/mol. The minimum Gasteiger partial charge on any atom is -0.492 e.